The highest BCUT2D eigenvalue weighted by Crippen LogP contribution is 2.36. The van der Waals surface area contributed by atoms with Crippen LogP contribution in [0, 0.1) is 6.92 Å². The van der Waals surface area contributed by atoms with Gasteiger partial charge >= 0.3 is 0 Å². The van der Waals surface area contributed by atoms with E-state index in [0.29, 0.717) is 40.9 Å². The Labute approximate surface area is 195 Å². The molecule has 0 amide bonds. The lowest BCUT2D eigenvalue weighted by Crippen LogP contribution is -2.36. The van der Waals surface area contributed by atoms with Crippen LogP contribution in [-0.2, 0) is 4.74 Å². The van der Waals surface area contributed by atoms with Crippen LogP contribution in [0.4, 0.5) is 11.4 Å². The Morgan fingerprint density at radius 3 is 2.52 bits per heavy atom. The van der Waals surface area contributed by atoms with E-state index in [0.717, 1.165) is 24.3 Å². The molecular formula is C25H23ClN4O3. The summed E-state index contributed by atoms with van der Waals surface area (Å²) in [5, 5.41) is 16.1. The number of ether oxygens (including phenoxy) is 1. The Kier molecular flexibility index (Phi) is 5.44. The highest BCUT2D eigenvalue weighted by atomic mass is 35.5. The number of hydrogen-bond donors (Lipinski definition) is 2. The lowest BCUT2D eigenvalue weighted by atomic mass is 10.0. The number of benzene rings is 3. The molecule has 0 radical (unpaired) electrons. The molecule has 0 aliphatic carbocycles. The standard InChI is InChI=1S/C25H23ClN4O3/c1-15-6-7-17(29-8-10-33-11-9-29)14-22(15)30-25(32)19-5-3-2-4-18(19)23(28-30)16-12-20(26)24(31)21(27)13-16/h2-7,12-14,31H,8-11,27H2,1H3. The molecule has 168 valence electrons. The molecule has 1 saturated heterocycles. The number of hydrogen-bond acceptors (Lipinski definition) is 6. The highest BCUT2D eigenvalue weighted by molar-refractivity contribution is 6.32. The van der Waals surface area contributed by atoms with Crippen molar-refractivity contribution in [2.45, 2.75) is 6.92 Å². The molecular weight excluding hydrogens is 440 g/mol. The highest BCUT2D eigenvalue weighted by Gasteiger charge is 2.18. The van der Waals surface area contributed by atoms with Gasteiger partial charge in [-0.05, 0) is 42.8 Å². The normalized spacial score (nSPS) is 14.1. The Morgan fingerprint density at radius 2 is 1.79 bits per heavy atom. The predicted octanol–water partition coefficient (Wildman–Crippen LogP) is 4.14. The molecule has 1 aromatic heterocycles. The number of rotatable bonds is 3. The van der Waals surface area contributed by atoms with E-state index >= 15 is 0 Å². The number of aromatic nitrogens is 2. The van der Waals surface area contributed by atoms with E-state index in [1.54, 1.807) is 18.2 Å². The number of nitrogens with zero attached hydrogens (tertiary/aromatic N) is 3. The van der Waals surface area contributed by atoms with Gasteiger partial charge in [0.15, 0.2) is 5.75 Å². The molecule has 4 aromatic rings. The first-order chi connectivity index (χ1) is 15.9. The number of fused-ring (bicyclic) bond motifs is 1. The van der Waals surface area contributed by atoms with Gasteiger partial charge in [0.1, 0.15) is 0 Å². The van der Waals surface area contributed by atoms with Crippen molar-refractivity contribution in [3.8, 4) is 22.7 Å². The average molecular weight is 463 g/mol. The van der Waals surface area contributed by atoms with Crippen LogP contribution in [0.15, 0.2) is 59.4 Å². The lowest BCUT2D eigenvalue weighted by molar-refractivity contribution is 0.122. The molecule has 3 N–H and O–H groups in total. The quantitative estimate of drug-likeness (QED) is 0.351. The SMILES string of the molecule is Cc1ccc(N2CCOCC2)cc1-n1nc(-c2cc(N)c(O)c(Cl)c2)c2ccccc2c1=O. The van der Waals surface area contributed by atoms with Crippen LogP contribution in [-0.4, -0.2) is 41.2 Å². The van der Waals surface area contributed by atoms with Crippen molar-refractivity contribution in [3.63, 3.8) is 0 Å². The van der Waals surface area contributed by atoms with Gasteiger partial charge < -0.3 is 20.5 Å². The van der Waals surface area contributed by atoms with E-state index in [1.165, 1.54) is 4.68 Å². The fourth-order valence-corrected chi connectivity index (χ4v) is 4.39. The fourth-order valence-electron chi connectivity index (χ4n) is 4.17. The smallest absolute Gasteiger partial charge is 0.279 e. The van der Waals surface area contributed by atoms with E-state index in [2.05, 4.69) is 11.0 Å². The zero-order chi connectivity index (χ0) is 23.1. The second-order valence-electron chi connectivity index (χ2n) is 8.08. The maximum atomic E-state index is 13.5. The van der Waals surface area contributed by atoms with Crippen molar-refractivity contribution in [3.05, 3.63) is 75.5 Å². The van der Waals surface area contributed by atoms with Gasteiger partial charge in [-0.1, -0.05) is 35.9 Å². The maximum Gasteiger partial charge on any atom is 0.279 e. The van der Waals surface area contributed by atoms with Gasteiger partial charge in [-0.15, -0.1) is 0 Å². The molecule has 1 fully saturated rings. The molecule has 0 spiro atoms. The van der Waals surface area contributed by atoms with Crippen LogP contribution in [0.2, 0.25) is 5.02 Å². The number of nitrogens with two attached hydrogens (primary N) is 1. The lowest BCUT2D eigenvalue weighted by Gasteiger charge is -2.29. The summed E-state index contributed by atoms with van der Waals surface area (Å²) >= 11 is 6.20. The zero-order valence-corrected chi connectivity index (χ0v) is 18.8. The molecule has 1 aliphatic rings. The summed E-state index contributed by atoms with van der Waals surface area (Å²) in [7, 11) is 0. The maximum absolute atomic E-state index is 13.5. The van der Waals surface area contributed by atoms with Gasteiger partial charge in [-0.25, -0.2) is 0 Å². The molecule has 2 heterocycles. The molecule has 1 aliphatic heterocycles. The molecule has 0 atom stereocenters. The first-order valence-electron chi connectivity index (χ1n) is 10.7. The topological polar surface area (TPSA) is 93.6 Å². The van der Waals surface area contributed by atoms with E-state index in [1.807, 2.05) is 37.3 Å². The van der Waals surface area contributed by atoms with Crippen molar-refractivity contribution in [1.29, 1.82) is 0 Å². The number of nitrogen functional groups attached to an aromatic ring is 1. The van der Waals surface area contributed by atoms with E-state index < -0.39 is 0 Å². The van der Waals surface area contributed by atoms with Crippen molar-refractivity contribution >= 4 is 33.7 Å². The molecule has 5 rings (SSSR count). The molecule has 8 heteroatoms. The average Bonchev–Trinajstić information content (AvgIpc) is 2.84. The van der Waals surface area contributed by atoms with Crippen LogP contribution >= 0.6 is 11.6 Å². The van der Waals surface area contributed by atoms with Crippen LogP contribution in [0.3, 0.4) is 0 Å². The minimum absolute atomic E-state index is 0.124. The van der Waals surface area contributed by atoms with Crippen molar-refractivity contribution in [1.82, 2.24) is 9.78 Å². The number of anilines is 2. The van der Waals surface area contributed by atoms with Crippen molar-refractivity contribution in [2.75, 3.05) is 36.9 Å². The summed E-state index contributed by atoms with van der Waals surface area (Å²) in [4.78, 5) is 15.8. The fraction of sp³-hybridized carbons (Fsp3) is 0.200. The molecule has 0 bridgehead atoms. The third-order valence-corrected chi connectivity index (χ3v) is 6.26. The molecule has 7 nitrogen and oxygen atoms in total. The molecule has 0 unspecified atom stereocenters. The second-order valence-corrected chi connectivity index (χ2v) is 8.48. The number of phenols is 1. The number of phenolic OH excluding ortho intramolecular Hbond substituents is 1. The Hall–Kier alpha value is -3.55. The van der Waals surface area contributed by atoms with Crippen LogP contribution in [0.1, 0.15) is 5.56 Å². The minimum atomic E-state index is -0.213. The summed E-state index contributed by atoms with van der Waals surface area (Å²) in [6.45, 7) is 4.88. The molecule has 0 saturated carbocycles. The number of halogens is 1. The summed E-state index contributed by atoms with van der Waals surface area (Å²) in [5.41, 5.74) is 9.70. The minimum Gasteiger partial charge on any atom is -0.504 e. The third-order valence-electron chi connectivity index (χ3n) is 5.97. The third kappa shape index (κ3) is 3.79. The van der Waals surface area contributed by atoms with Gasteiger partial charge in [0.25, 0.3) is 5.56 Å². The van der Waals surface area contributed by atoms with Gasteiger partial charge in [0.05, 0.1) is 40.7 Å². The Balaban J connectivity index is 1.75. The first-order valence-corrected chi connectivity index (χ1v) is 11.1. The van der Waals surface area contributed by atoms with Gasteiger partial charge in [-0.3, -0.25) is 4.79 Å². The van der Waals surface area contributed by atoms with E-state index in [-0.39, 0.29) is 22.0 Å². The summed E-state index contributed by atoms with van der Waals surface area (Å²) in [5.74, 6) is -0.174. The van der Waals surface area contributed by atoms with Crippen LogP contribution in [0.25, 0.3) is 27.7 Å². The van der Waals surface area contributed by atoms with Crippen molar-refractivity contribution < 1.29 is 9.84 Å². The summed E-state index contributed by atoms with van der Waals surface area (Å²) < 4.78 is 6.91. The predicted molar refractivity (Wildman–Crippen MR) is 132 cm³/mol. The number of morpholine rings is 1. The molecule has 33 heavy (non-hydrogen) atoms. The van der Waals surface area contributed by atoms with Crippen LogP contribution < -0.4 is 16.2 Å². The summed E-state index contributed by atoms with van der Waals surface area (Å²) in [6, 6.07) is 16.6. The van der Waals surface area contributed by atoms with Crippen LogP contribution in [0.5, 0.6) is 5.75 Å². The Bertz CT molecular complexity index is 1400. The van der Waals surface area contributed by atoms with Gasteiger partial charge in [0, 0.05) is 29.7 Å². The Morgan fingerprint density at radius 1 is 1.06 bits per heavy atom. The number of aryl methyl sites for hydroxylation is 1. The number of aromatic hydroxyl groups is 1. The van der Waals surface area contributed by atoms with E-state index in [4.69, 9.17) is 27.2 Å². The largest absolute Gasteiger partial charge is 0.504 e. The zero-order valence-electron chi connectivity index (χ0n) is 18.1. The summed E-state index contributed by atoms with van der Waals surface area (Å²) in [6.07, 6.45) is 0. The first kappa shape index (κ1) is 21.3. The van der Waals surface area contributed by atoms with Gasteiger partial charge in [-0.2, -0.15) is 9.78 Å². The molecule has 3 aromatic carbocycles. The van der Waals surface area contributed by atoms with E-state index in [9.17, 15) is 9.90 Å². The van der Waals surface area contributed by atoms with Crippen molar-refractivity contribution in [2.24, 2.45) is 0 Å². The second kappa shape index (κ2) is 8.42. The monoisotopic (exact) mass is 462 g/mol. The van der Waals surface area contributed by atoms with Gasteiger partial charge in [0.2, 0.25) is 0 Å².